The van der Waals surface area contributed by atoms with Crippen LogP contribution in [0.25, 0.3) is 10.8 Å². The number of fused-ring (bicyclic) bond motifs is 3. The van der Waals surface area contributed by atoms with Crippen molar-refractivity contribution in [2.75, 3.05) is 0 Å². The number of ketones is 2. The van der Waals surface area contributed by atoms with Crippen LogP contribution < -0.4 is 0 Å². The third-order valence-electron chi connectivity index (χ3n) is 5.28. The summed E-state index contributed by atoms with van der Waals surface area (Å²) in [5, 5.41) is 1.14. The van der Waals surface area contributed by atoms with Gasteiger partial charge in [-0.2, -0.15) is 13.2 Å². The molecule has 31 heavy (non-hydrogen) atoms. The molecule has 0 unspecified atom stereocenters. The van der Waals surface area contributed by atoms with Crippen molar-refractivity contribution in [2.24, 2.45) is 0 Å². The topological polar surface area (TPSA) is 34.1 Å². The fourth-order valence-electron chi connectivity index (χ4n) is 3.79. The molecule has 1 aliphatic rings. The van der Waals surface area contributed by atoms with Crippen molar-refractivity contribution in [2.45, 2.75) is 16.0 Å². The lowest BCUT2D eigenvalue weighted by atomic mass is 9.84. The van der Waals surface area contributed by atoms with Gasteiger partial charge < -0.3 is 0 Å². The molecule has 0 bridgehead atoms. The van der Waals surface area contributed by atoms with Crippen molar-refractivity contribution in [1.82, 2.24) is 0 Å². The number of benzene rings is 4. The average molecular weight is 434 g/mol. The molecule has 0 fully saturated rings. The minimum absolute atomic E-state index is 0.189. The van der Waals surface area contributed by atoms with Crippen LogP contribution in [0.5, 0.6) is 0 Å². The monoisotopic (exact) mass is 434 g/mol. The Hall–Kier alpha value is -3.38. The van der Waals surface area contributed by atoms with Gasteiger partial charge in [-0.25, -0.2) is 0 Å². The summed E-state index contributed by atoms with van der Waals surface area (Å²) < 4.78 is 38.9. The predicted molar refractivity (Wildman–Crippen MR) is 113 cm³/mol. The van der Waals surface area contributed by atoms with Gasteiger partial charge in [-0.05, 0) is 41.1 Å². The van der Waals surface area contributed by atoms with Crippen molar-refractivity contribution >= 4 is 34.1 Å². The van der Waals surface area contributed by atoms with Crippen LogP contribution in [0.2, 0.25) is 0 Å². The molecule has 0 spiro atoms. The lowest BCUT2D eigenvalue weighted by molar-refractivity contribution is -0.137. The van der Waals surface area contributed by atoms with Crippen LogP contribution in [0.3, 0.4) is 0 Å². The summed E-state index contributed by atoms with van der Waals surface area (Å²) in [4.78, 5) is 27.4. The fraction of sp³-hybridized carbons (Fsp3) is 0.0400. The lowest BCUT2D eigenvalue weighted by Crippen LogP contribution is -2.21. The third kappa shape index (κ3) is 3.33. The summed E-state index contributed by atoms with van der Waals surface area (Å²) in [6, 6.07) is 20.6. The molecule has 0 aromatic heterocycles. The smallest absolute Gasteiger partial charge is 0.289 e. The minimum Gasteiger partial charge on any atom is -0.289 e. The molecule has 0 radical (unpaired) electrons. The van der Waals surface area contributed by atoms with E-state index in [2.05, 4.69) is 0 Å². The van der Waals surface area contributed by atoms with Crippen LogP contribution in [0.15, 0.2) is 88.7 Å². The predicted octanol–water partition coefficient (Wildman–Crippen LogP) is 6.79. The van der Waals surface area contributed by atoms with Gasteiger partial charge >= 0.3 is 6.18 Å². The summed E-state index contributed by atoms with van der Waals surface area (Å²) in [5.41, 5.74) is 0.813. The third-order valence-corrected chi connectivity index (χ3v) is 6.33. The second kappa shape index (κ2) is 7.10. The van der Waals surface area contributed by atoms with E-state index in [4.69, 9.17) is 0 Å². The molecule has 0 saturated heterocycles. The first-order valence-corrected chi connectivity index (χ1v) is 10.2. The molecular formula is C25H13F3O2S. The molecule has 0 saturated carbocycles. The van der Waals surface area contributed by atoms with E-state index in [1.54, 1.807) is 60.7 Å². The summed E-state index contributed by atoms with van der Waals surface area (Å²) in [6.07, 6.45) is -4.39. The average Bonchev–Trinajstić information content (AvgIpc) is 2.76. The molecule has 6 heteroatoms. The summed E-state index contributed by atoms with van der Waals surface area (Å²) in [6.45, 7) is 0. The number of halogens is 3. The summed E-state index contributed by atoms with van der Waals surface area (Å²) >= 11 is 1.31. The highest BCUT2D eigenvalue weighted by molar-refractivity contribution is 7.99. The molecule has 1 aliphatic carbocycles. The van der Waals surface area contributed by atoms with E-state index in [0.717, 1.165) is 17.0 Å². The van der Waals surface area contributed by atoms with Crippen molar-refractivity contribution in [3.63, 3.8) is 0 Å². The highest BCUT2D eigenvalue weighted by atomic mass is 32.2. The normalized spacial score (nSPS) is 13.3. The molecule has 0 heterocycles. The van der Waals surface area contributed by atoms with Gasteiger partial charge in [0, 0.05) is 32.0 Å². The molecule has 0 N–H and O–H groups in total. The quantitative estimate of drug-likeness (QED) is 0.307. The molecule has 4 aromatic carbocycles. The summed E-state index contributed by atoms with van der Waals surface area (Å²) in [5.74, 6) is -0.394. The minimum atomic E-state index is -4.39. The van der Waals surface area contributed by atoms with Gasteiger partial charge in [0.25, 0.3) is 0 Å². The number of carbonyl (C=O) groups excluding carboxylic acids is 2. The molecule has 152 valence electrons. The van der Waals surface area contributed by atoms with E-state index in [9.17, 15) is 22.8 Å². The van der Waals surface area contributed by atoms with E-state index in [1.807, 2.05) is 0 Å². The van der Waals surface area contributed by atoms with Crippen LogP contribution in [0.1, 0.15) is 37.4 Å². The van der Waals surface area contributed by atoms with Crippen molar-refractivity contribution in [3.05, 3.63) is 107 Å². The van der Waals surface area contributed by atoms with Crippen LogP contribution in [-0.2, 0) is 6.18 Å². The van der Waals surface area contributed by atoms with Crippen molar-refractivity contribution in [1.29, 1.82) is 0 Å². The Balaban J connectivity index is 1.55. The highest BCUT2D eigenvalue weighted by Crippen LogP contribution is 2.38. The van der Waals surface area contributed by atoms with E-state index in [-0.39, 0.29) is 11.6 Å². The second-order valence-electron chi connectivity index (χ2n) is 7.21. The maximum absolute atomic E-state index is 13.1. The van der Waals surface area contributed by atoms with E-state index in [1.165, 1.54) is 17.8 Å². The number of rotatable bonds is 2. The Bertz CT molecular complexity index is 1390. The standard InChI is InChI=1S/C25H13F3O2S/c26-25(27,28)16-10-8-15-13-17(11-9-14(15)12-16)31-21-7-3-6-20-22(21)24(30)19-5-2-1-4-18(19)23(20)29/h1-13H. The number of carbonyl (C=O) groups is 2. The fourth-order valence-corrected chi connectivity index (χ4v) is 4.82. The van der Waals surface area contributed by atoms with Gasteiger partial charge in [0.1, 0.15) is 0 Å². The molecule has 5 rings (SSSR count). The zero-order chi connectivity index (χ0) is 21.8. The molecule has 0 atom stereocenters. The van der Waals surface area contributed by atoms with Gasteiger partial charge in [-0.3, -0.25) is 9.59 Å². The van der Waals surface area contributed by atoms with Crippen LogP contribution in [-0.4, -0.2) is 11.6 Å². The Morgan fingerprint density at radius 1 is 0.645 bits per heavy atom. The van der Waals surface area contributed by atoms with Crippen molar-refractivity contribution in [3.8, 4) is 0 Å². The maximum atomic E-state index is 13.1. The zero-order valence-electron chi connectivity index (χ0n) is 15.9. The van der Waals surface area contributed by atoms with Gasteiger partial charge in [0.2, 0.25) is 0 Å². The number of hydrogen-bond donors (Lipinski definition) is 0. The Labute approximate surface area is 179 Å². The van der Waals surface area contributed by atoms with Crippen LogP contribution >= 0.6 is 11.8 Å². The van der Waals surface area contributed by atoms with Gasteiger partial charge in [0.05, 0.1) is 5.56 Å². The lowest BCUT2D eigenvalue weighted by Gasteiger charge is -2.19. The Morgan fingerprint density at radius 2 is 1.29 bits per heavy atom. The molecule has 4 aromatic rings. The Morgan fingerprint density at radius 3 is 2.03 bits per heavy atom. The van der Waals surface area contributed by atoms with Gasteiger partial charge in [-0.1, -0.05) is 60.3 Å². The maximum Gasteiger partial charge on any atom is 0.416 e. The second-order valence-corrected chi connectivity index (χ2v) is 8.32. The number of hydrogen-bond acceptors (Lipinski definition) is 3. The van der Waals surface area contributed by atoms with Crippen molar-refractivity contribution < 1.29 is 22.8 Å². The first kappa shape index (κ1) is 19.6. The van der Waals surface area contributed by atoms with Crippen LogP contribution in [0, 0.1) is 0 Å². The largest absolute Gasteiger partial charge is 0.416 e. The first-order chi connectivity index (χ1) is 14.8. The van der Waals surface area contributed by atoms with Crippen LogP contribution in [0.4, 0.5) is 13.2 Å². The number of alkyl halides is 3. The zero-order valence-corrected chi connectivity index (χ0v) is 16.7. The van der Waals surface area contributed by atoms with Gasteiger partial charge in [-0.15, -0.1) is 0 Å². The highest BCUT2D eigenvalue weighted by Gasteiger charge is 2.32. The summed E-state index contributed by atoms with van der Waals surface area (Å²) in [7, 11) is 0. The molecule has 2 nitrogen and oxygen atoms in total. The van der Waals surface area contributed by atoms with E-state index in [0.29, 0.717) is 37.9 Å². The van der Waals surface area contributed by atoms with E-state index >= 15 is 0 Å². The molecule has 0 amide bonds. The van der Waals surface area contributed by atoms with E-state index < -0.39 is 11.7 Å². The molecule has 0 aliphatic heterocycles. The first-order valence-electron chi connectivity index (χ1n) is 9.43. The van der Waals surface area contributed by atoms with Gasteiger partial charge in [0.15, 0.2) is 11.6 Å². The Kier molecular flexibility index (Phi) is 4.48. The molecular weight excluding hydrogens is 421 g/mol. The SMILES string of the molecule is O=C1c2ccccc2C(=O)c2c(Sc3ccc4cc(C(F)(F)F)ccc4c3)cccc21.